The van der Waals surface area contributed by atoms with Crippen LogP contribution in [0.25, 0.3) is 0 Å². The highest BCUT2D eigenvalue weighted by atomic mass is 127. The Labute approximate surface area is 175 Å². The van der Waals surface area contributed by atoms with E-state index in [1.165, 1.54) is 25.8 Å². The highest BCUT2D eigenvalue weighted by molar-refractivity contribution is 14.0. The number of piperidine rings is 1. The van der Waals surface area contributed by atoms with E-state index in [0.29, 0.717) is 12.4 Å². The molecular formula is C19H34IN5O. The van der Waals surface area contributed by atoms with E-state index in [1.807, 2.05) is 12.1 Å². The summed E-state index contributed by atoms with van der Waals surface area (Å²) in [6.07, 6.45) is 6.96. The van der Waals surface area contributed by atoms with Crippen LogP contribution in [-0.4, -0.2) is 55.2 Å². The number of likely N-dealkylation sites (tertiary alicyclic amines) is 1. The summed E-state index contributed by atoms with van der Waals surface area (Å²) in [7, 11) is 1.63. The van der Waals surface area contributed by atoms with Gasteiger partial charge in [-0.2, -0.15) is 0 Å². The fourth-order valence-corrected chi connectivity index (χ4v) is 3.15. The third kappa shape index (κ3) is 8.07. The number of rotatable bonds is 8. The van der Waals surface area contributed by atoms with Crippen LogP contribution in [0.15, 0.2) is 23.3 Å². The molecule has 6 nitrogen and oxygen atoms in total. The van der Waals surface area contributed by atoms with Crippen LogP contribution in [0.5, 0.6) is 5.88 Å². The number of halogens is 1. The Morgan fingerprint density at radius 2 is 2.23 bits per heavy atom. The molecule has 1 saturated heterocycles. The predicted octanol–water partition coefficient (Wildman–Crippen LogP) is 3.03. The molecule has 0 aliphatic carbocycles. The Kier molecular flexibility index (Phi) is 11.6. The molecule has 26 heavy (non-hydrogen) atoms. The van der Waals surface area contributed by atoms with Crippen LogP contribution in [0.3, 0.4) is 0 Å². The molecular weight excluding hydrogens is 441 g/mol. The second-order valence-electron chi connectivity index (χ2n) is 6.56. The van der Waals surface area contributed by atoms with E-state index in [9.17, 15) is 0 Å². The fraction of sp³-hybridized carbons (Fsp3) is 0.684. The molecule has 2 rings (SSSR count). The number of hydrogen-bond donors (Lipinski definition) is 2. The number of aliphatic imine (C=N–C) groups is 1. The van der Waals surface area contributed by atoms with Gasteiger partial charge < -0.3 is 20.3 Å². The zero-order chi connectivity index (χ0) is 17.9. The average Bonchev–Trinajstić information content (AvgIpc) is 2.64. The summed E-state index contributed by atoms with van der Waals surface area (Å²) >= 11 is 0. The lowest BCUT2D eigenvalue weighted by Crippen LogP contribution is -2.41. The summed E-state index contributed by atoms with van der Waals surface area (Å²) in [6, 6.07) is 4.62. The summed E-state index contributed by atoms with van der Waals surface area (Å²) in [5.41, 5.74) is 1.09. The molecule has 2 N–H and O–H groups in total. The maximum absolute atomic E-state index is 5.16. The van der Waals surface area contributed by atoms with Crippen molar-refractivity contribution in [3.8, 4) is 5.88 Å². The number of hydrogen-bond acceptors (Lipinski definition) is 4. The van der Waals surface area contributed by atoms with Crippen molar-refractivity contribution in [1.82, 2.24) is 20.5 Å². The van der Waals surface area contributed by atoms with Crippen molar-refractivity contribution < 1.29 is 4.74 Å². The Balaban J connectivity index is 0.00000338. The highest BCUT2D eigenvalue weighted by Gasteiger charge is 2.17. The smallest absolute Gasteiger partial charge is 0.213 e. The second kappa shape index (κ2) is 13.1. The standard InChI is InChI=1S/C19H33N5O.HI/c1-4-20-19(23-15-17-9-11-21-18(14-17)25-3)22-10-7-13-24-12-6-5-8-16(24)2;/h9,11,14,16H,4-8,10,12-13,15H2,1-3H3,(H2,20,22,23);1H. The lowest BCUT2D eigenvalue weighted by atomic mass is 10.0. The zero-order valence-corrected chi connectivity index (χ0v) is 18.7. The van der Waals surface area contributed by atoms with E-state index in [4.69, 9.17) is 4.74 Å². The van der Waals surface area contributed by atoms with Gasteiger partial charge in [0.25, 0.3) is 0 Å². The molecule has 1 aliphatic heterocycles. The van der Waals surface area contributed by atoms with E-state index < -0.39 is 0 Å². The third-order valence-corrected chi connectivity index (χ3v) is 4.63. The van der Waals surface area contributed by atoms with Crippen LogP contribution in [0.2, 0.25) is 0 Å². The molecule has 1 fully saturated rings. The van der Waals surface area contributed by atoms with E-state index in [1.54, 1.807) is 13.3 Å². The number of pyridine rings is 1. The number of guanidine groups is 1. The van der Waals surface area contributed by atoms with Crippen molar-refractivity contribution in [1.29, 1.82) is 0 Å². The van der Waals surface area contributed by atoms with Crippen molar-refractivity contribution in [2.24, 2.45) is 4.99 Å². The molecule has 1 aromatic heterocycles. The number of nitrogens with zero attached hydrogens (tertiary/aromatic N) is 3. The SMILES string of the molecule is CCNC(=NCc1ccnc(OC)c1)NCCCN1CCCCC1C.I. The van der Waals surface area contributed by atoms with Gasteiger partial charge in [-0.3, -0.25) is 0 Å². The van der Waals surface area contributed by atoms with E-state index >= 15 is 0 Å². The van der Waals surface area contributed by atoms with Crippen molar-refractivity contribution in [2.75, 3.05) is 33.3 Å². The summed E-state index contributed by atoms with van der Waals surface area (Å²) < 4.78 is 5.16. The van der Waals surface area contributed by atoms with Crippen LogP contribution in [-0.2, 0) is 6.54 Å². The molecule has 7 heteroatoms. The molecule has 0 radical (unpaired) electrons. The number of nitrogens with one attached hydrogen (secondary N) is 2. The molecule has 0 spiro atoms. The summed E-state index contributed by atoms with van der Waals surface area (Å²) in [4.78, 5) is 11.4. The van der Waals surface area contributed by atoms with Gasteiger partial charge in [0.15, 0.2) is 5.96 Å². The lowest BCUT2D eigenvalue weighted by Gasteiger charge is -2.33. The Bertz CT molecular complexity index is 540. The lowest BCUT2D eigenvalue weighted by molar-refractivity contribution is 0.159. The van der Waals surface area contributed by atoms with Crippen molar-refractivity contribution in [2.45, 2.75) is 52.1 Å². The minimum absolute atomic E-state index is 0. The van der Waals surface area contributed by atoms with Gasteiger partial charge in [-0.25, -0.2) is 9.98 Å². The molecule has 1 aliphatic rings. The third-order valence-electron chi connectivity index (χ3n) is 4.63. The number of aromatic nitrogens is 1. The predicted molar refractivity (Wildman–Crippen MR) is 119 cm³/mol. The molecule has 0 aromatic carbocycles. The van der Waals surface area contributed by atoms with E-state index in [2.05, 4.69) is 39.4 Å². The molecule has 1 atom stereocenters. The Morgan fingerprint density at radius 1 is 1.38 bits per heavy atom. The Hall–Kier alpha value is -1.09. The van der Waals surface area contributed by atoms with Gasteiger partial charge in [0.1, 0.15) is 0 Å². The van der Waals surface area contributed by atoms with Gasteiger partial charge in [-0.15, -0.1) is 24.0 Å². The van der Waals surface area contributed by atoms with Gasteiger partial charge >= 0.3 is 0 Å². The van der Waals surface area contributed by atoms with Crippen molar-refractivity contribution in [3.05, 3.63) is 23.9 Å². The van der Waals surface area contributed by atoms with Crippen molar-refractivity contribution in [3.63, 3.8) is 0 Å². The van der Waals surface area contributed by atoms with Gasteiger partial charge in [0.05, 0.1) is 13.7 Å². The monoisotopic (exact) mass is 475 g/mol. The molecule has 1 unspecified atom stereocenters. The van der Waals surface area contributed by atoms with E-state index in [-0.39, 0.29) is 24.0 Å². The number of ether oxygens (including phenoxy) is 1. The van der Waals surface area contributed by atoms with Crippen LogP contribution in [0, 0.1) is 0 Å². The summed E-state index contributed by atoms with van der Waals surface area (Å²) in [5.74, 6) is 1.49. The largest absolute Gasteiger partial charge is 0.481 e. The minimum atomic E-state index is 0. The van der Waals surface area contributed by atoms with Crippen molar-refractivity contribution >= 4 is 29.9 Å². The molecule has 2 heterocycles. The van der Waals surface area contributed by atoms with Crippen LogP contribution < -0.4 is 15.4 Å². The molecule has 0 bridgehead atoms. The van der Waals surface area contributed by atoms with Gasteiger partial charge in [0.2, 0.25) is 5.88 Å². The zero-order valence-electron chi connectivity index (χ0n) is 16.3. The number of methoxy groups -OCH3 is 1. The average molecular weight is 475 g/mol. The maximum Gasteiger partial charge on any atom is 0.213 e. The summed E-state index contributed by atoms with van der Waals surface area (Å²) in [5, 5.41) is 6.75. The second-order valence-corrected chi connectivity index (χ2v) is 6.56. The first-order valence-corrected chi connectivity index (χ1v) is 9.48. The first-order valence-electron chi connectivity index (χ1n) is 9.48. The van der Waals surface area contributed by atoms with Crippen LogP contribution in [0.1, 0.15) is 45.1 Å². The molecule has 0 saturated carbocycles. The first-order chi connectivity index (χ1) is 12.2. The Morgan fingerprint density at radius 3 is 2.96 bits per heavy atom. The van der Waals surface area contributed by atoms with Crippen LogP contribution >= 0.6 is 24.0 Å². The van der Waals surface area contributed by atoms with Gasteiger partial charge in [0, 0.05) is 37.9 Å². The quantitative estimate of drug-likeness (QED) is 0.262. The molecule has 148 valence electrons. The first kappa shape index (κ1) is 23.0. The molecule has 0 amide bonds. The topological polar surface area (TPSA) is 61.8 Å². The normalized spacial score (nSPS) is 18.1. The highest BCUT2D eigenvalue weighted by Crippen LogP contribution is 2.16. The fourth-order valence-electron chi connectivity index (χ4n) is 3.15. The summed E-state index contributed by atoms with van der Waals surface area (Å²) in [6.45, 7) is 9.25. The minimum Gasteiger partial charge on any atom is -0.481 e. The van der Waals surface area contributed by atoms with Gasteiger partial charge in [-0.05, 0) is 51.3 Å². The van der Waals surface area contributed by atoms with Crippen LogP contribution in [0.4, 0.5) is 0 Å². The molecule has 1 aromatic rings. The maximum atomic E-state index is 5.16. The van der Waals surface area contributed by atoms with Gasteiger partial charge in [-0.1, -0.05) is 6.42 Å². The van der Waals surface area contributed by atoms with E-state index in [0.717, 1.165) is 43.6 Å².